The highest BCUT2D eigenvalue weighted by molar-refractivity contribution is 6.37. The van der Waals surface area contributed by atoms with Crippen LogP contribution in [0, 0.1) is 0 Å². The molecule has 1 N–H and O–H groups in total. The second-order valence-corrected chi connectivity index (χ2v) is 5.09. The van der Waals surface area contributed by atoms with E-state index >= 15 is 0 Å². The number of ether oxygens (including phenoxy) is 1. The molecule has 0 radical (unpaired) electrons. The molecule has 17 heavy (non-hydrogen) atoms. The molecule has 0 fully saturated rings. The molecular formula is C13H19Cl2NO. The Bertz CT molecular complexity index is 343. The third kappa shape index (κ3) is 4.74. The first-order valence-electron chi connectivity index (χ1n) is 5.88. The zero-order valence-corrected chi connectivity index (χ0v) is 12.0. The van der Waals surface area contributed by atoms with E-state index in [1.54, 1.807) is 0 Å². The van der Waals surface area contributed by atoms with Crippen molar-refractivity contribution in [2.24, 2.45) is 0 Å². The van der Waals surface area contributed by atoms with Gasteiger partial charge in [0.15, 0.2) is 5.75 Å². The standard InChI is InChI=1S/C13H19Cl2NO/c1-4-5-17-13-11(14)6-10(7-12(13)15)8-16-9(2)3/h6-7,9,16H,4-5,8H2,1-3H3. The van der Waals surface area contributed by atoms with Gasteiger partial charge in [-0.05, 0) is 24.1 Å². The Kier molecular flexibility index (Phi) is 6.10. The van der Waals surface area contributed by atoms with Crippen molar-refractivity contribution in [3.8, 4) is 5.75 Å². The van der Waals surface area contributed by atoms with Crippen molar-refractivity contribution in [1.29, 1.82) is 0 Å². The molecule has 0 aromatic heterocycles. The van der Waals surface area contributed by atoms with E-state index in [1.165, 1.54) is 0 Å². The fourth-order valence-electron chi connectivity index (χ4n) is 1.38. The Balaban J connectivity index is 2.78. The lowest BCUT2D eigenvalue weighted by molar-refractivity contribution is 0.317. The topological polar surface area (TPSA) is 21.3 Å². The van der Waals surface area contributed by atoms with Crippen LogP contribution in [0.1, 0.15) is 32.8 Å². The number of benzene rings is 1. The minimum atomic E-state index is 0.434. The first kappa shape index (κ1) is 14.6. The van der Waals surface area contributed by atoms with Crippen LogP contribution < -0.4 is 10.1 Å². The normalized spacial score (nSPS) is 10.9. The third-order valence-electron chi connectivity index (χ3n) is 2.22. The molecule has 4 heteroatoms. The van der Waals surface area contributed by atoms with Gasteiger partial charge in [0.05, 0.1) is 16.7 Å². The Labute approximate surface area is 113 Å². The average molecular weight is 276 g/mol. The van der Waals surface area contributed by atoms with Crippen LogP contribution in [0.5, 0.6) is 5.75 Å². The van der Waals surface area contributed by atoms with Gasteiger partial charge < -0.3 is 10.1 Å². The second-order valence-electron chi connectivity index (χ2n) is 4.27. The molecule has 0 saturated carbocycles. The predicted octanol–water partition coefficient (Wildman–Crippen LogP) is 4.28. The van der Waals surface area contributed by atoms with Crippen LogP contribution in [0.2, 0.25) is 10.0 Å². The summed E-state index contributed by atoms with van der Waals surface area (Å²) < 4.78 is 5.51. The Morgan fingerprint density at radius 3 is 2.29 bits per heavy atom. The second kappa shape index (κ2) is 7.10. The Morgan fingerprint density at radius 1 is 1.24 bits per heavy atom. The van der Waals surface area contributed by atoms with Crippen molar-refractivity contribution < 1.29 is 4.74 Å². The Morgan fingerprint density at radius 2 is 1.82 bits per heavy atom. The molecule has 96 valence electrons. The molecule has 1 aromatic rings. The van der Waals surface area contributed by atoms with Crippen molar-refractivity contribution in [2.45, 2.75) is 39.8 Å². The molecule has 0 aliphatic carbocycles. The number of rotatable bonds is 6. The zero-order valence-electron chi connectivity index (χ0n) is 10.5. The molecule has 0 saturated heterocycles. The summed E-state index contributed by atoms with van der Waals surface area (Å²) >= 11 is 12.3. The molecule has 0 amide bonds. The summed E-state index contributed by atoms with van der Waals surface area (Å²) in [6.07, 6.45) is 0.934. The van der Waals surface area contributed by atoms with Gasteiger partial charge in [-0.3, -0.25) is 0 Å². The third-order valence-corrected chi connectivity index (χ3v) is 2.78. The average Bonchev–Trinajstić information content (AvgIpc) is 2.25. The summed E-state index contributed by atoms with van der Waals surface area (Å²) in [4.78, 5) is 0. The van der Waals surface area contributed by atoms with Gasteiger partial charge >= 0.3 is 0 Å². The van der Waals surface area contributed by atoms with Crippen molar-refractivity contribution >= 4 is 23.2 Å². The highest BCUT2D eigenvalue weighted by Gasteiger charge is 2.09. The van der Waals surface area contributed by atoms with E-state index < -0.39 is 0 Å². The number of halogens is 2. The summed E-state index contributed by atoms with van der Waals surface area (Å²) in [5.41, 5.74) is 1.07. The number of hydrogen-bond donors (Lipinski definition) is 1. The van der Waals surface area contributed by atoms with Crippen molar-refractivity contribution in [3.63, 3.8) is 0 Å². The molecule has 1 rings (SSSR count). The maximum Gasteiger partial charge on any atom is 0.156 e. The van der Waals surface area contributed by atoms with Gasteiger partial charge in [0, 0.05) is 12.6 Å². The van der Waals surface area contributed by atoms with Gasteiger partial charge in [0.25, 0.3) is 0 Å². The SMILES string of the molecule is CCCOc1c(Cl)cc(CNC(C)C)cc1Cl. The van der Waals surface area contributed by atoms with Crippen LogP contribution in [0.15, 0.2) is 12.1 Å². The number of nitrogens with one attached hydrogen (secondary N) is 1. The lowest BCUT2D eigenvalue weighted by Gasteiger charge is -2.12. The summed E-state index contributed by atoms with van der Waals surface area (Å²) in [5.74, 6) is 0.587. The zero-order chi connectivity index (χ0) is 12.8. The van der Waals surface area contributed by atoms with Crippen molar-refractivity contribution in [2.75, 3.05) is 6.61 Å². The fraction of sp³-hybridized carbons (Fsp3) is 0.538. The molecule has 0 aliphatic rings. The van der Waals surface area contributed by atoms with Crippen LogP contribution in [-0.4, -0.2) is 12.6 Å². The van der Waals surface area contributed by atoms with Gasteiger partial charge in [0.1, 0.15) is 0 Å². The van der Waals surface area contributed by atoms with E-state index in [0.717, 1.165) is 18.5 Å². The summed E-state index contributed by atoms with van der Waals surface area (Å²) in [6, 6.07) is 4.23. The van der Waals surface area contributed by atoms with Crippen molar-refractivity contribution in [3.05, 3.63) is 27.7 Å². The highest BCUT2D eigenvalue weighted by Crippen LogP contribution is 2.34. The first-order chi connectivity index (χ1) is 8.04. The molecule has 0 atom stereocenters. The van der Waals surface area contributed by atoms with E-state index in [0.29, 0.717) is 28.4 Å². The molecule has 0 spiro atoms. The predicted molar refractivity (Wildman–Crippen MR) is 74.2 cm³/mol. The van der Waals surface area contributed by atoms with Gasteiger partial charge in [-0.2, -0.15) is 0 Å². The van der Waals surface area contributed by atoms with Crippen LogP contribution in [-0.2, 0) is 6.54 Å². The molecular weight excluding hydrogens is 257 g/mol. The monoisotopic (exact) mass is 275 g/mol. The Hall–Kier alpha value is -0.440. The maximum absolute atomic E-state index is 6.15. The summed E-state index contributed by atoms with van der Waals surface area (Å²) in [7, 11) is 0. The smallest absolute Gasteiger partial charge is 0.156 e. The van der Waals surface area contributed by atoms with E-state index in [4.69, 9.17) is 27.9 Å². The van der Waals surface area contributed by atoms with Crippen LogP contribution in [0.25, 0.3) is 0 Å². The van der Waals surface area contributed by atoms with Gasteiger partial charge in [-0.1, -0.05) is 44.0 Å². The molecule has 0 heterocycles. The minimum absolute atomic E-state index is 0.434. The van der Waals surface area contributed by atoms with Crippen molar-refractivity contribution in [1.82, 2.24) is 5.32 Å². The van der Waals surface area contributed by atoms with Gasteiger partial charge in [-0.15, -0.1) is 0 Å². The van der Waals surface area contributed by atoms with E-state index in [9.17, 15) is 0 Å². The highest BCUT2D eigenvalue weighted by atomic mass is 35.5. The van der Waals surface area contributed by atoms with E-state index in [1.807, 2.05) is 19.1 Å². The largest absolute Gasteiger partial charge is 0.490 e. The van der Waals surface area contributed by atoms with Gasteiger partial charge in [-0.25, -0.2) is 0 Å². The summed E-state index contributed by atoms with van der Waals surface area (Å²) in [5, 5.41) is 4.47. The van der Waals surface area contributed by atoms with E-state index in [2.05, 4.69) is 19.2 Å². The lowest BCUT2D eigenvalue weighted by Crippen LogP contribution is -2.21. The molecule has 0 bridgehead atoms. The van der Waals surface area contributed by atoms with Gasteiger partial charge in [0.2, 0.25) is 0 Å². The van der Waals surface area contributed by atoms with E-state index in [-0.39, 0.29) is 0 Å². The lowest BCUT2D eigenvalue weighted by atomic mass is 10.2. The summed E-state index contributed by atoms with van der Waals surface area (Å²) in [6.45, 7) is 7.63. The molecule has 0 unspecified atom stereocenters. The molecule has 1 aromatic carbocycles. The van der Waals surface area contributed by atoms with Crippen LogP contribution >= 0.6 is 23.2 Å². The quantitative estimate of drug-likeness (QED) is 0.837. The van der Waals surface area contributed by atoms with Crippen LogP contribution in [0.3, 0.4) is 0 Å². The molecule has 2 nitrogen and oxygen atoms in total. The maximum atomic E-state index is 6.15. The minimum Gasteiger partial charge on any atom is -0.490 e. The number of hydrogen-bond acceptors (Lipinski definition) is 2. The fourth-order valence-corrected chi connectivity index (χ4v) is 2.02. The van der Waals surface area contributed by atoms with Crippen LogP contribution in [0.4, 0.5) is 0 Å². The first-order valence-corrected chi connectivity index (χ1v) is 6.64. The molecule has 0 aliphatic heterocycles.